The molecular formula is C26H24N2O5. The molecule has 7 heteroatoms. The maximum Gasteiger partial charge on any atom is 0.351 e. The number of nitrogens with zero attached hydrogens (tertiary/aromatic N) is 2. The van der Waals surface area contributed by atoms with Crippen LogP contribution in [0.2, 0.25) is 0 Å². The molecule has 0 radical (unpaired) electrons. The number of aryl methyl sites for hydroxylation is 1. The van der Waals surface area contributed by atoms with Crippen molar-refractivity contribution in [2.45, 2.75) is 19.1 Å². The Kier molecular flexibility index (Phi) is 6.11. The number of aromatic nitrogens is 2. The van der Waals surface area contributed by atoms with E-state index in [2.05, 4.69) is 22.9 Å². The van der Waals surface area contributed by atoms with Crippen molar-refractivity contribution in [3.63, 3.8) is 0 Å². The minimum absolute atomic E-state index is 0.155. The lowest BCUT2D eigenvalue weighted by Crippen LogP contribution is -2.34. The van der Waals surface area contributed by atoms with Crippen molar-refractivity contribution in [2.24, 2.45) is 0 Å². The number of fused-ring (bicyclic) bond motifs is 3. The van der Waals surface area contributed by atoms with Gasteiger partial charge in [0.15, 0.2) is 0 Å². The predicted molar refractivity (Wildman–Crippen MR) is 123 cm³/mol. The number of rotatable bonds is 4. The van der Waals surface area contributed by atoms with Gasteiger partial charge in [-0.25, -0.2) is 4.79 Å². The Labute approximate surface area is 191 Å². The summed E-state index contributed by atoms with van der Waals surface area (Å²) in [5.74, 6) is 7.50. The van der Waals surface area contributed by atoms with Gasteiger partial charge in [-0.2, -0.15) is 4.98 Å². The minimum atomic E-state index is -0.309. The van der Waals surface area contributed by atoms with Crippen molar-refractivity contribution in [1.29, 1.82) is 0 Å². The van der Waals surface area contributed by atoms with Crippen molar-refractivity contribution in [2.75, 3.05) is 33.5 Å². The maximum atomic E-state index is 12.6. The summed E-state index contributed by atoms with van der Waals surface area (Å²) in [6, 6.07) is 15.6. The molecule has 3 aromatic rings. The number of methoxy groups -OCH3 is 1. The first-order valence-corrected chi connectivity index (χ1v) is 10.9. The van der Waals surface area contributed by atoms with Crippen LogP contribution < -0.4 is 15.2 Å². The molecule has 1 fully saturated rings. The second kappa shape index (κ2) is 9.49. The molecule has 0 N–H and O–H groups in total. The number of hydrogen-bond donors (Lipinski definition) is 0. The summed E-state index contributed by atoms with van der Waals surface area (Å²) in [7, 11) is 1.64. The van der Waals surface area contributed by atoms with Crippen LogP contribution in [0.5, 0.6) is 11.6 Å². The van der Waals surface area contributed by atoms with E-state index in [4.69, 9.17) is 18.9 Å². The van der Waals surface area contributed by atoms with Crippen molar-refractivity contribution >= 4 is 0 Å². The maximum absolute atomic E-state index is 12.6. The van der Waals surface area contributed by atoms with Crippen LogP contribution in [0.25, 0.3) is 11.3 Å². The molecule has 5 rings (SSSR count). The van der Waals surface area contributed by atoms with Gasteiger partial charge in [-0.05, 0) is 42.3 Å². The van der Waals surface area contributed by atoms with E-state index in [9.17, 15) is 4.79 Å². The third-order valence-corrected chi connectivity index (χ3v) is 5.70. The fraction of sp³-hybridized carbons (Fsp3) is 0.308. The highest BCUT2D eigenvalue weighted by atomic mass is 16.6. The summed E-state index contributed by atoms with van der Waals surface area (Å²) in [4.78, 5) is 16.7. The van der Waals surface area contributed by atoms with Gasteiger partial charge in [0.1, 0.15) is 18.5 Å². The van der Waals surface area contributed by atoms with E-state index < -0.39 is 0 Å². The first-order chi connectivity index (χ1) is 16.2. The van der Waals surface area contributed by atoms with Crippen LogP contribution in [-0.2, 0) is 22.4 Å². The molecule has 2 aliphatic heterocycles. The molecule has 2 aliphatic rings. The van der Waals surface area contributed by atoms with Gasteiger partial charge in [0, 0.05) is 29.3 Å². The number of benzene rings is 2. The quantitative estimate of drug-likeness (QED) is 0.577. The van der Waals surface area contributed by atoms with Crippen LogP contribution in [0.1, 0.15) is 16.7 Å². The van der Waals surface area contributed by atoms with E-state index in [0.29, 0.717) is 38.9 Å². The highest BCUT2D eigenvalue weighted by Gasteiger charge is 2.20. The molecule has 1 aromatic heterocycles. The second-order valence-electron chi connectivity index (χ2n) is 7.90. The Morgan fingerprint density at radius 3 is 2.82 bits per heavy atom. The zero-order valence-corrected chi connectivity index (χ0v) is 18.4. The zero-order chi connectivity index (χ0) is 22.6. The molecular weight excluding hydrogens is 420 g/mol. The topological polar surface area (TPSA) is 71.8 Å². The standard InChI is InChI=1S/C26H24N2O5/c1-30-21-4-2-3-18(14-21)5-6-19-7-8-23-20(13-19)9-10-28-24(23)15-25(27-26(28)29)33-17-22-16-31-11-12-32-22/h2-4,7-8,13-15,22H,9-12,16-17H2,1H3. The summed E-state index contributed by atoms with van der Waals surface area (Å²) in [5, 5.41) is 0. The Balaban J connectivity index is 1.39. The SMILES string of the molecule is COc1cccc(C#Cc2ccc3c(c2)CCn2c-3cc(OCC3COCCO3)nc2=O)c1. The molecule has 1 atom stereocenters. The summed E-state index contributed by atoms with van der Waals surface area (Å²) < 4.78 is 23.7. The van der Waals surface area contributed by atoms with Crippen LogP contribution >= 0.6 is 0 Å². The molecule has 0 aliphatic carbocycles. The average molecular weight is 444 g/mol. The van der Waals surface area contributed by atoms with Crippen LogP contribution in [0.15, 0.2) is 53.3 Å². The van der Waals surface area contributed by atoms with Crippen molar-refractivity contribution in [3.05, 3.63) is 75.7 Å². The van der Waals surface area contributed by atoms with Crippen molar-refractivity contribution in [3.8, 4) is 34.7 Å². The highest BCUT2D eigenvalue weighted by molar-refractivity contribution is 5.68. The fourth-order valence-electron chi connectivity index (χ4n) is 4.01. The van der Waals surface area contributed by atoms with E-state index in [-0.39, 0.29) is 11.8 Å². The van der Waals surface area contributed by atoms with Gasteiger partial charge in [0.2, 0.25) is 5.88 Å². The molecule has 3 heterocycles. The summed E-state index contributed by atoms with van der Waals surface area (Å²) in [6.45, 7) is 2.48. The largest absolute Gasteiger partial charge is 0.497 e. The van der Waals surface area contributed by atoms with E-state index in [1.165, 1.54) is 0 Å². The summed E-state index contributed by atoms with van der Waals surface area (Å²) >= 11 is 0. The first-order valence-electron chi connectivity index (χ1n) is 10.9. The third-order valence-electron chi connectivity index (χ3n) is 5.70. The number of ether oxygens (including phenoxy) is 4. The predicted octanol–water partition coefficient (Wildman–Crippen LogP) is 2.67. The first kappa shape index (κ1) is 21.3. The molecule has 0 spiro atoms. The molecule has 0 amide bonds. The zero-order valence-electron chi connectivity index (χ0n) is 18.4. The molecule has 0 saturated carbocycles. The Morgan fingerprint density at radius 2 is 2.00 bits per heavy atom. The molecule has 1 unspecified atom stereocenters. The van der Waals surface area contributed by atoms with Crippen LogP contribution in [0.3, 0.4) is 0 Å². The Hall–Kier alpha value is -3.60. The monoisotopic (exact) mass is 444 g/mol. The molecule has 7 nitrogen and oxygen atoms in total. The third kappa shape index (κ3) is 4.77. The van der Waals surface area contributed by atoms with Crippen LogP contribution in [0, 0.1) is 11.8 Å². The van der Waals surface area contributed by atoms with Crippen LogP contribution in [-0.4, -0.2) is 49.2 Å². The summed E-state index contributed by atoms with van der Waals surface area (Å²) in [5.41, 5.74) is 4.45. The van der Waals surface area contributed by atoms with E-state index >= 15 is 0 Å². The normalized spacial score (nSPS) is 16.7. The minimum Gasteiger partial charge on any atom is -0.497 e. The molecule has 0 bridgehead atoms. The lowest BCUT2D eigenvalue weighted by molar-refractivity contribution is -0.102. The fourth-order valence-corrected chi connectivity index (χ4v) is 4.01. The van der Waals surface area contributed by atoms with Gasteiger partial charge in [0.25, 0.3) is 0 Å². The van der Waals surface area contributed by atoms with Gasteiger partial charge in [-0.1, -0.05) is 24.0 Å². The molecule has 2 aromatic carbocycles. The molecule has 33 heavy (non-hydrogen) atoms. The van der Waals surface area contributed by atoms with Gasteiger partial charge < -0.3 is 18.9 Å². The van der Waals surface area contributed by atoms with Gasteiger partial charge in [0.05, 0.1) is 32.6 Å². The Bertz CT molecular complexity index is 1280. The van der Waals surface area contributed by atoms with E-state index in [0.717, 1.165) is 40.1 Å². The van der Waals surface area contributed by atoms with E-state index in [1.54, 1.807) is 11.7 Å². The van der Waals surface area contributed by atoms with Gasteiger partial charge in [-0.15, -0.1) is 0 Å². The van der Waals surface area contributed by atoms with E-state index in [1.807, 2.05) is 42.5 Å². The lowest BCUT2D eigenvalue weighted by Gasteiger charge is -2.24. The Morgan fingerprint density at radius 1 is 1.12 bits per heavy atom. The second-order valence-corrected chi connectivity index (χ2v) is 7.90. The summed E-state index contributed by atoms with van der Waals surface area (Å²) in [6.07, 6.45) is 0.587. The smallest absolute Gasteiger partial charge is 0.351 e. The lowest BCUT2D eigenvalue weighted by atomic mass is 9.95. The highest BCUT2D eigenvalue weighted by Crippen LogP contribution is 2.30. The number of hydrogen-bond acceptors (Lipinski definition) is 6. The van der Waals surface area contributed by atoms with Crippen molar-refractivity contribution in [1.82, 2.24) is 9.55 Å². The van der Waals surface area contributed by atoms with Gasteiger partial charge in [-0.3, -0.25) is 4.57 Å². The molecule has 1 saturated heterocycles. The van der Waals surface area contributed by atoms with Crippen LogP contribution in [0.4, 0.5) is 0 Å². The average Bonchev–Trinajstić information content (AvgIpc) is 2.86. The van der Waals surface area contributed by atoms with Crippen molar-refractivity contribution < 1.29 is 18.9 Å². The van der Waals surface area contributed by atoms with Gasteiger partial charge >= 0.3 is 5.69 Å². The molecule has 168 valence electrons.